The predicted molar refractivity (Wildman–Crippen MR) is 128 cm³/mol. The minimum Gasteiger partial charge on any atom is -0.502 e. The number of hydrogen-bond acceptors (Lipinski definition) is 6. The fourth-order valence-electron chi connectivity index (χ4n) is 2.81. The van der Waals surface area contributed by atoms with Gasteiger partial charge >= 0.3 is 0 Å². The molecule has 33 heavy (non-hydrogen) atoms. The summed E-state index contributed by atoms with van der Waals surface area (Å²) in [5, 5.41) is 23.5. The third-order valence-corrected chi connectivity index (χ3v) is 7.58. The Balaban J connectivity index is 1.90. The van der Waals surface area contributed by atoms with Gasteiger partial charge in [0.15, 0.2) is 0 Å². The van der Waals surface area contributed by atoms with E-state index in [2.05, 4.69) is 15.3 Å². The number of nitrogens with zero attached hydrogens (tertiary/aromatic N) is 4. The molecule has 0 aliphatic carbocycles. The van der Waals surface area contributed by atoms with Gasteiger partial charge in [0.2, 0.25) is 26.4 Å². The zero-order valence-electron chi connectivity index (χ0n) is 16.3. The average molecular weight is 542 g/mol. The number of azo groups is 1. The second-order valence-electron chi connectivity index (χ2n) is 6.60. The molecule has 0 amide bonds. The zero-order valence-corrected chi connectivity index (χ0v) is 20.2. The summed E-state index contributed by atoms with van der Waals surface area (Å²) in [6, 6.07) is 16.6. The first kappa shape index (κ1) is 23.5. The number of aromatic hydroxyl groups is 1. The van der Waals surface area contributed by atoms with Gasteiger partial charge in [-0.15, -0.1) is 15.3 Å². The summed E-state index contributed by atoms with van der Waals surface area (Å²) in [5.41, 5.74) is 0.621. The van der Waals surface area contributed by atoms with E-state index in [0.29, 0.717) is 16.4 Å². The highest BCUT2D eigenvalue weighted by atomic mass is 35.5. The van der Waals surface area contributed by atoms with Crippen LogP contribution in [0.15, 0.2) is 86.9 Å². The Kier molecular flexibility index (Phi) is 6.65. The van der Waals surface area contributed by atoms with Crippen molar-refractivity contribution in [1.29, 1.82) is 0 Å². The minimum atomic E-state index is -4.17. The Morgan fingerprint density at radius 3 is 2.06 bits per heavy atom. The molecular formula is C21H12Cl4N4O3S. The maximum absolute atomic E-state index is 13.1. The van der Waals surface area contributed by atoms with Crippen LogP contribution in [0.3, 0.4) is 0 Å². The topological polar surface area (TPSA) is 96.9 Å². The first-order valence-corrected chi connectivity index (χ1v) is 12.1. The molecule has 0 aliphatic heterocycles. The third-order valence-electron chi connectivity index (χ3n) is 4.43. The van der Waals surface area contributed by atoms with Gasteiger partial charge in [-0.05, 0) is 48.5 Å². The van der Waals surface area contributed by atoms with Gasteiger partial charge in [-0.3, -0.25) is 0 Å². The van der Waals surface area contributed by atoms with Crippen LogP contribution < -0.4 is 0 Å². The van der Waals surface area contributed by atoms with Crippen LogP contribution in [0.25, 0.3) is 5.69 Å². The molecule has 0 saturated heterocycles. The number of halogens is 4. The molecule has 0 bridgehead atoms. The van der Waals surface area contributed by atoms with Gasteiger partial charge in [-0.1, -0.05) is 64.6 Å². The van der Waals surface area contributed by atoms with Crippen molar-refractivity contribution in [1.82, 2.24) is 9.78 Å². The summed E-state index contributed by atoms with van der Waals surface area (Å²) in [4.78, 5) is -0.0490. The summed E-state index contributed by atoms with van der Waals surface area (Å²) in [6.45, 7) is 0. The highest BCUT2D eigenvalue weighted by Gasteiger charge is 2.30. The minimum absolute atomic E-state index is 0.0490. The quantitative estimate of drug-likeness (QED) is 0.265. The summed E-state index contributed by atoms with van der Waals surface area (Å²) in [6.07, 6.45) is 0. The lowest BCUT2D eigenvalue weighted by Gasteiger charge is -2.05. The van der Waals surface area contributed by atoms with E-state index < -0.39 is 20.6 Å². The molecule has 1 aromatic heterocycles. The molecule has 1 N–H and O–H groups in total. The summed E-state index contributed by atoms with van der Waals surface area (Å²) >= 11 is 24.0. The van der Waals surface area contributed by atoms with Crippen molar-refractivity contribution in [3.63, 3.8) is 0 Å². The molecule has 0 saturated carbocycles. The van der Waals surface area contributed by atoms with Crippen molar-refractivity contribution in [2.45, 2.75) is 9.92 Å². The molecule has 0 fully saturated rings. The number of sulfone groups is 1. The molecule has 1 heterocycles. The summed E-state index contributed by atoms with van der Waals surface area (Å²) < 4.78 is 27.4. The Labute approximate surface area is 208 Å². The zero-order chi connectivity index (χ0) is 23.8. The van der Waals surface area contributed by atoms with Gasteiger partial charge in [0.25, 0.3) is 0 Å². The second-order valence-corrected chi connectivity index (χ2v) is 10.1. The molecule has 0 radical (unpaired) electrons. The molecule has 3 aromatic carbocycles. The number of rotatable bonds is 5. The van der Waals surface area contributed by atoms with Crippen molar-refractivity contribution in [3.05, 3.63) is 86.8 Å². The van der Waals surface area contributed by atoms with Crippen LogP contribution in [0.2, 0.25) is 20.1 Å². The lowest BCUT2D eigenvalue weighted by atomic mass is 10.3. The van der Waals surface area contributed by atoms with Crippen LogP contribution in [0, 0.1) is 0 Å². The molecule has 0 aliphatic rings. The Hall–Kier alpha value is -2.62. The van der Waals surface area contributed by atoms with Crippen molar-refractivity contribution in [2.24, 2.45) is 10.2 Å². The third kappa shape index (κ3) is 4.71. The Bertz CT molecular complexity index is 1490. The number of benzene rings is 3. The van der Waals surface area contributed by atoms with Gasteiger partial charge in [0, 0.05) is 0 Å². The first-order valence-electron chi connectivity index (χ1n) is 9.13. The molecule has 4 rings (SSSR count). The Morgan fingerprint density at radius 1 is 0.788 bits per heavy atom. The van der Waals surface area contributed by atoms with Crippen molar-refractivity contribution in [3.8, 4) is 11.4 Å². The van der Waals surface area contributed by atoms with Crippen molar-refractivity contribution >= 4 is 67.7 Å². The lowest BCUT2D eigenvalue weighted by Crippen LogP contribution is -2.04. The van der Waals surface area contributed by atoms with E-state index in [4.69, 9.17) is 46.4 Å². The molecule has 0 atom stereocenters. The van der Waals surface area contributed by atoms with E-state index in [9.17, 15) is 13.5 Å². The van der Waals surface area contributed by atoms with Crippen LogP contribution in [0.4, 0.5) is 11.5 Å². The van der Waals surface area contributed by atoms with E-state index in [1.807, 2.05) is 0 Å². The van der Waals surface area contributed by atoms with Gasteiger partial charge in [0.1, 0.15) is 0 Å². The molecule has 4 aromatic rings. The van der Waals surface area contributed by atoms with E-state index in [-0.39, 0.29) is 25.8 Å². The number of aromatic nitrogens is 2. The second kappa shape index (κ2) is 9.32. The SMILES string of the molecule is O=S(=O)(c1ccccc1)c1nn(-c2ccc(Cl)c(Cl)c2)c(N=Nc2ccc(Cl)c(Cl)c2)c1O. The summed E-state index contributed by atoms with van der Waals surface area (Å²) in [7, 11) is -4.17. The molecule has 168 valence electrons. The molecule has 7 nitrogen and oxygen atoms in total. The van der Waals surface area contributed by atoms with Crippen LogP contribution in [-0.4, -0.2) is 23.3 Å². The average Bonchev–Trinajstić information content (AvgIpc) is 3.14. The van der Waals surface area contributed by atoms with E-state index in [1.165, 1.54) is 42.5 Å². The molecule has 0 unspecified atom stereocenters. The van der Waals surface area contributed by atoms with E-state index in [0.717, 1.165) is 4.68 Å². The fraction of sp³-hybridized carbons (Fsp3) is 0. The fourth-order valence-corrected chi connectivity index (χ4v) is 4.67. The summed E-state index contributed by atoms with van der Waals surface area (Å²) in [5.74, 6) is -0.928. The molecular weight excluding hydrogens is 530 g/mol. The monoisotopic (exact) mass is 540 g/mol. The van der Waals surface area contributed by atoms with Crippen molar-refractivity contribution < 1.29 is 13.5 Å². The standard InChI is InChI=1S/C21H12Cl4N4O3S/c22-15-8-6-12(10-17(15)24)26-27-20-19(30)21(33(31,32)14-4-2-1-3-5-14)28-29(20)13-7-9-16(23)18(25)11-13/h1-11,30H. The van der Waals surface area contributed by atoms with Crippen LogP contribution >= 0.6 is 46.4 Å². The van der Waals surface area contributed by atoms with Crippen LogP contribution in [-0.2, 0) is 9.84 Å². The highest BCUT2D eigenvalue weighted by Crippen LogP contribution is 2.39. The molecule has 12 heteroatoms. The largest absolute Gasteiger partial charge is 0.502 e. The van der Waals surface area contributed by atoms with Gasteiger partial charge in [0.05, 0.1) is 36.4 Å². The van der Waals surface area contributed by atoms with Crippen molar-refractivity contribution in [2.75, 3.05) is 0 Å². The van der Waals surface area contributed by atoms with Gasteiger partial charge in [-0.2, -0.15) is 0 Å². The maximum atomic E-state index is 13.1. The normalized spacial score (nSPS) is 11.9. The maximum Gasteiger partial charge on any atom is 0.229 e. The molecule has 0 spiro atoms. The number of hydrogen-bond donors (Lipinski definition) is 1. The van der Waals surface area contributed by atoms with E-state index >= 15 is 0 Å². The Morgan fingerprint density at radius 2 is 1.42 bits per heavy atom. The van der Waals surface area contributed by atoms with Crippen LogP contribution in [0.1, 0.15) is 0 Å². The lowest BCUT2D eigenvalue weighted by molar-refractivity contribution is 0.459. The van der Waals surface area contributed by atoms with E-state index in [1.54, 1.807) is 24.3 Å². The predicted octanol–water partition coefficient (Wildman–Crippen LogP) is 7.44. The van der Waals surface area contributed by atoms with Gasteiger partial charge in [-0.25, -0.2) is 13.1 Å². The highest BCUT2D eigenvalue weighted by molar-refractivity contribution is 7.91. The smallest absolute Gasteiger partial charge is 0.229 e. The van der Waals surface area contributed by atoms with Gasteiger partial charge < -0.3 is 5.11 Å². The van der Waals surface area contributed by atoms with Crippen LogP contribution in [0.5, 0.6) is 5.75 Å². The first-order chi connectivity index (χ1) is 15.7.